The Labute approximate surface area is 110 Å². The number of nitrogens with zero attached hydrogens (tertiary/aromatic N) is 2. The monoisotopic (exact) mass is 287 g/mol. The Morgan fingerprint density at radius 3 is 2.37 bits per heavy atom. The zero-order chi connectivity index (χ0) is 14.8. The van der Waals surface area contributed by atoms with Crippen molar-refractivity contribution in [2.75, 3.05) is 19.4 Å². The van der Waals surface area contributed by atoms with E-state index in [0.717, 1.165) is 10.4 Å². The summed E-state index contributed by atoms with van der Waals surface area (Å²) >= 11 is 0. The van der Waals surface area contributed by atoms with E-state index < -0.39 is 26.5 Å². The summed E-state index contributed by atoms with van der Waals surface area (Å²) in [5, 5.41) is 13.2. The van der Waals surface area contributed by atoms with Crippen molar-refractivity contribution in [3.63, 3.8) is 0 Å². The van der Waals surface area contributed by atoms with Gasteiger partial charge in [0, 0.05) is 27.1 Å². The quantitative estimate of drug-likeness (QED) is 0.650. The van der Waals surface area contributed by atoms with Gasteiger partial charge in [-0.1, -0.05) is 0 Å². The number of benzene rings is 1. The first-order valence-electron chi connectivity index (χ1n) is 5.15. The van der Waals surface area contributed by atoms with Gasteiger partial charge in [-0.3, -0.25) is 14.9 Å². The number of carbonyl (C=O) groups excluding carboxylic acids is 1. The highest BCUT2D eigenvalue weighted by Gasteiger charge is 2.23. The van der Waals surface area contributed by atoms with Gasteiger partial charge in [0.1, 0.15) is 5.69 Å². The Balaban J connectivity index is 3.40. The van der Waals surface area contributed by atoms with Crippen molar-refractivity contribution < 1.29 is 18.1 Å². The summed E-state index contributed by atoms with van der Waals surface area (Å²) in [4.78, 5) is 20.9. The van der Waals surface area contributed by atoms with Gasteiger partial charge >= 0.3 is 0 Å². The topological polar surface area (TPSA) is 110 Å². The lowest BCUT2D eigenvalue weighted by atomic mass is 10.2. The van der Waals surface area contributed by atoms with E-state index in [1.54, 1.807) is 0 Å². The minimum atomic E-state index is -3.76. The first-order valence-corrected chi connectivity index (χ1v) is 6.59. The number of hydrogen-bond acceptors (Lipinski definition) is 5. The van der Waals surface area contributed by atoms with Gasteiger partial charge in [-0.25, -0.2) is 12.7 Å². The van der Waals surface area contributed by atoms with Gasteiger partial charge in [0.05, 0.1) is 9.82 Å². The predicted molar refractivity (Wildman–Crippen MR) is 68.3 cm³/mol. The van der Waals surface area contributed by atoms with Crippen molar-refractivity contribution in [3.8, 4) is 0 Å². The number of hydrogen-bond donors (Lipinski definition) is 1. The standard InChI is InChI=1S/C10H13N3O5S/c1-7(14)11-9-5-4-8(6-10(9)13(15)16)19(17,18)12(2)3/h4-6H,1-3H3,(H,11,14). The zero-order valence-electron chi connectivity index (χ0n) is 10.6. The molecule has 0 saturated carbocycles. The fraction of sp³-hybridized carbons (Fsp3) is 0.300. The van der Waals surface area contributed by atoms with E-state index in [1.165, 1.54) is 33.2 Å². The number of sulfonamides is 1. The first kappa shape index (κ1) is 15.1. The molecule has 0 aliphatic heterocycles. The molecule has 0 spiro atoms. The summed E-state index contributed by atoms with van der Waals surface area (Å²) in [5.74, 6) is -0.480. The fourth-order valence-electron chi connectivity index (χ4n) is 1.33. The lowest BCUT2D eigenvalue weighted by Crippen LogP contribution is -2.22. The number of carbonyl (C=O) groups is 1. The van der Waals surface area contributed by atoms with Crippen LogP contribution in [-0.4, -0.2) is 37.6 Å². The molecule has 1 amide bonds. The molecule has 0 aliphatic carbocycles. The summed E-state index contributed by atoms with van der Waals surface area (Å²) in [6, 6.07) is 3.31. The molecule has 1 N–H and O–H groups in total. The lowest BCUT2D eigenvalue weighted by molar-refractivity contribution is -0.384. The number of anilines is 1. The third-order valence-corrected chi connectivity index (χ3v) is 4.07. The van der Waals surface area contributed by atoms with Crippen molar-refractivity contribution in [2.45, 2.75) is 11.8 Å². The highest BCUT2D eigenvalue weighted by atomic mass is 32.2. The van der Waals surface area contributed by atoms with E-state index in [9.17, 15) is 23.3 Å². The van der Waals surface area contributed by atoms with Gasteiger partial charge in [-0.05, 0) is 12.1 Å². The maximum atomic E-state index is 11.9. The molecular weight excluding hydrogens is 274 g/mol. The molecule has 0 heterocycles. The molecular formula is C10H13N3O5S. The van der Waals surface area contributed by atoms with Crippen molar-refractivity contribution in [1.29, 1.82) is 0 Å². The van der Waals surface area contributed by atoms with E-state index in [1.807, 2.05) is 0 Å². The summed E-state index contributed by atoms with van der Waals surface area (Å²) in [7, 11) is -1.12. The molecule has 1 rings (SSSR count). The van der Waals surface area contributed by atoms with Crippen LogP contribution < -0.4 is 5.32 Å². The Bertz CT molecular complexity index is 624. The van der Waals surface area contributed by atoms with Crippen molar-refractivity contribution >= 4 is 27.3 Å². The van der Waals surface area contributed by atoms with Crippen LogP contribution >= 0.6 is 0 Å². The molecule has 9 heteroatoms. The number of amides is 1. The minimum absolute atomic E-state index is 0.0461. The van der Waals surface area contributed by atoms with Crippen molar-refractivity contribution in [2.24, 2.45) is 0 Å². The fourth-order valence-corrected chi connectivity index (χ4v) is 2.25. The maximum Gasteiger partial charge on any atom is 0.294 e. The Hall–Kier alpha value is -2.00. The van der Waals surface area contributed by atoms with Gasteiger partial charge in [-0.15, -0.1) is 0 Å². The number of nitro benzene ring substituents is 1. The highest BCUT2D eigenvalue weighted by molar-refractivity contribution is 7.89. The average Bonchev–Trinajstić information content (AvgIpc) is 2.27. The molecule has 0 aromatic heterocycles. The Morgan fingerprint density at radius 1 is 1.37 bits per heavy atom. The van der Waals surface area contributed by atoms with E-state index >= 15 is 0 Å². The third kappa shape index (κ3) is 3.26. The molecule has 0 radical (unpaired) electrons. The van der Waals surface area contributed by atoms with Crippen molar-refractivity contribution in [3.05, 3.63) is 28.3 Å². The van der Waals surface area contributed by atoms with Gasteiger partial charge in [-0.2, -0.15) is 0 Å². The summed E-state index contributed by atoms with van der Waals surface area (Å²) in [6.07, 6.45) is 0. The summed E-state index contributed by atoms with van der Waals surface area (Å²) in [5.41, 5.74) is -0.520. The molecule has 19 heavy (non-hydrogen) atoms. The summed E-state index contributed by atoms with van der Waals surface area (Å²) in [6.45, 7) is 1.20. The number of nitro groups is 1. The van der Waals surface area contributed by atoms with Crippen LogP contribution in [0.25, 0.3) is 0 Å². The van der Waals surface area contributed by atoms with Gasteiger partial charge in [0.2, 0.25) is 15.9 Å². The van der Waals surface area contributed by atoms with E-state index in [-0.39, 0.29) is 10.6 Å². The van der Waals surface area contributed by atoms with E-state index in [0.29, 0.717) is 0 Å². The normalized spacial score (nSPS) is 11.4. The zero-order valence-corrected chi connectivity index (χ0v) is 11.4. The van der Waals surface area contributed by atoms with Crippen LogP contribution in [-0.2, 0) is 14.8 Å². The van der Waals surface area contributed by atoms with Gasteiger partial charge < -0.3 is 5.32 Å². The molecule has 0 unspecified atom stereocenters. The van der Waals surface area contributed by atoms with E-state index in [4.69, 9.17) is 0 Å². The molecule has 0 bridgehead atoms. The first-order chi connectivity index (χ1) is 8.66. The SMILES string of the molecule is CC(=O)Nc1ccc(S(=O)(=O)N(C)C)cc1[N+](=O)[O-]. The minimum Gasteiger partial charge on any atom is -0.321 e. The van der Waals surface area contributed by atoms with Crippen LogP contribution in [0.5, 0.6) is 0 Å². The number of rotatable bonds is 4. The Kier molecular flexibility index (Phi) is 4.22. The van der Waals surface area contributed by atoms with Crippen LogP contribution in [0.1, 0.15) is 6.92 Å². The largest absolute Gasteiger partial charge is 0.321 e. The van der Waals surface area contributed by atoms with Gasteiger partial charge in [0.25, 0.3) is 5.69 Å². The number of nitrogens with one attached hydrogen (secondary N) is 1. The van der Waals surface area contributed by atoms with Gasteiger partial charge in [0.15, 0.2) is 0 Å². The average molecular weight is 287 g/mol. The van der Waals surface area contributed by atoms with E-state index in [2.05, 4.69) is 5.32 Å². The smallest absolute Gasteiger partial charge is 0.294 e. The van der Waals surface area contributed by atoms with Crippen LogP contribution in [0.15, 0.2) is 23.1 Å². The second-order valence-electron chi connectivity index (χ2n) is 3.90. The van der Waals surface area contributed by atoms with Crippen LogP contribution in [0.3, 0.4) is 0 Å². The predicted octanol–water partition coefficient (Wildman–Crippen LogP) is 0.803. The second kappa shape index (κ2) is 5.33. The molecule has 0 atom stereocenters. The van der Waals surface area contributed by atoms with Crippen molar-refractivity contribution in [1.82, 2.24) is 4.31 Å². The van der Waals surface area contributed by atoms with Crippen LogP contribution in [0.4, 0.5) is 11.4 Å². The Morgan fingerprint density at radius 2 is 1.95 bits per heavy atom. The van der Waals surface area contributed by atoms with Crippen LogP contribution in [0.2, 0.25) is 0 Å². The summed E-state index contributed by atoms with van der Waals surface area (Å²) < 4.78 is 24.7. The van der Waals surface area contributed by atoms with Crippen LogP contribution in [0, 0.1) is 10.1 Å². The molecule has 8 nitrogen and oxygen atoms in total. The molecule has 1 aromatic carbocycles. The molecule has 0 aliphatic rings. The molecule has 0 saturated heterocycles. The molecule has 104 valence electrons. The third-order valence-electron chi connectivity index (χ3n) is 2.26. The maximum absolute atomic E-state index is 11.9. The molecule has 0 fully saturated rings. The highest BCUT2D eigenvalue weighted by Crippen LogP contribution is 2.28. The second-order valence-corrected chi connectivity index (χ2v) is 6.06. The lowest BCUT2D eigenvalue weighted by Gasteiger charge is -2.12. The molecule has 1 aromatic rings.